The van der Waals surface area contributed by atoms with Crippen LogP contribution in [0.15, 0.2) is 24.5 Å². The molecule has 0 aliphatic carbocycles. The highest BCUT2D eigenvalue weighted by Gasteiger charge is 2.14. The number of H-pyrrole nitrogens is 1. The van der Waals surface area contributed by atoms with Gasteiger partial charge in [0.25, 0.3) is 0 Å². The van der Waals surface area contributed by atoms with E-state index in [4.69, 9.17) is 0 Å². The van der Waals surface area contributed by atoms with Gasteiger partial charge < -0.3 is 10.3 Å². The highest BCUT2D eigenvalue weighted by Crippen LogP contribution is 2.21. The number of hydrogen-bond donors (Lipinski definition) is 2. The van der Waals surface area contributed by atoms with E-state index in [1.807, 2.05) is 0 Å². The van der Waals surface area contributed by atoms with Gasteiger partial charge in [-0.1, -0.05) is 0 Å². The second-order valence-corrected chi connectivity index (χ2v) is 3.79. The van der Waals surface area contributed by atoms with Crippen LogP contribution in [0.2, 0.25) is 0 Å². The van der Waals surface area contributed by atoms with Crippen molar-refractivity contribution in [3.63, 3.8) is 0 Å². The second kappa shape index (κ2) is 5.26. The molecule has 0 atom stereocenters. The maximum absolute atomic E-state index is 10.8. The van der Waals surface area contributed by atoms with Crippen molar-refractivity contribution >= 4 is 11.5 Å². The molecule has 0 saturated heterocycles. The van der Waals surface area contributed by atoms with Gasteiger partial charge in [0.15, 0.2) is 0 Å². The van der Waals surface area contributed by atoms with Crippen molar-refractivity contribution in [2.45, 2.75) is 13.3 Å². The number of aromatic amines is 1. The van der Waals surface area contributed by atoms with Gasteiger partial charge in [0.1, 0.15) is 5.82 Å². The van der Waals surface area contributed by atoms with E-state index in [2.05, 4.69) is 20.3 Å². The summed E-state index contributed by atoms with van der Waals surface area (Å²) in [5.41, 5.74) is 0.723. The van der Waals surface area contributed by atoms with Crippen molar-refractivity contribution in [3.8, 4) is 0 Å². The molecule has 0 bridgehead atoms. The Morgan fingerprint density at radius 1 is 1.50 bits per heavy atom. The zero-order valence-corrected chi connectivity index (χ0v) is 9.88. The van der Waals surface area contributed by atoms with Crippen molar-refractivity contribution < 1.29 is 4.92 Å². The molecule has 18 heavy (non-hydrogen) atoms. The SMILES string of the molecule is Cc1ccc([N+](=O)[O-])c(NCCc2ncc[nH]2)n1. The molecule has 94 valence electrons. The van der Waals surface area contributed by atoms with Crippen LogP contribution in [0.5, 0.6) is 0 Å². The number of anilines is 1. The number of aryl methyl sites for hydroxylation is 1. The molecule has 0 unspecified atom stereocenters. The molecule has 2 heterocycles. The van der Waals surface area contributed by atoms with Crippen molar-refractivity contribution in [2.75, 3.05) is 11.9 Å². The van der Waals surface area contributed by atoms with Gasteiger partial charge in [-0.05, 0) is 13.0 Å². The van der Waals surface area contributed by atoms with Gasteiger partial charge in [-0.15, -0.1) is 0 Å². The Labute approximate surface area is 103 Å². The Hall–Kier alpha value is -2.44. The van der Waals surface area contributed by atoms with Crippen LogP contribution < -0.4 is 5.32 Å². The van der Waals surface area contributed by atoms with Gasteiger partial charge in [0, 0.05) is 37.1 Å². The van der Waals surface area contributed by atoms with Crippen LogP contribution in [0, 0.1) is 17.0 Å². The fraction of sp³-hybridized carbons (Fsp3) is 0.273. The molecule has 2 aromatic rings. The summed E-state index contributed by atoms with van der Waals surface area (Å²) in [4.78, 5) is 21.6. The lowest BCUT2D eigenvalue weighted by atomic mass is 10.3. The largest absolute Gasteiger partial charge is 0.364 e. The van der Waals surface area contributed by atoms with Gasteiger partial charge in [-0.25, -0.2) is 9.97 Å². The van der Waals surface area contributed by atoms with E-state index in [0.29, 0.717) is 18.8 Å². The van der Waals surface area contributed by atoms with Crippen LogP contribution in [0.4, 0.5) is 11.5 Å². The number of pyridine rings is 1. The summed E-state index contributed by atoms with van der Waals surface area (Å²) in [7, 11) is 0. The predicted octanol–water partition coefficient (Wildman–Crippen LogP) is 1.68. The standard InChI is InChI=1S/C11H13N5O2/c1-8-2-3-9(16(17)18)11(15-8)14-5-4-10-12-6-7-13-10/h2-3,6-7H,4-5H2,1H3,(H,12,13)(H,14,15). The van der Waals surface area contributed by atoms with E-state index in [9.17, 15) is 10.1 Å². The topological polar surface area (TPSA) is 96.7 Å². The Kier molecular flexibility index (Phi) is 3.52. The van der Waals surface area contributed by atoms with Gasteiger partial charge in [0.05, 0.1) is 4.92 Å². The number of rotatable bonds is 5. The summed E-state index contributed by atoms with van der Waals surface area (Å²) in [6, 6.07) is 3.08. The first kappa shape index (κ1) is 12.0. The highest BCUT2D eigenvalue weighted by molar-refractivity contribution is 5.56. The van der Waals surface area contributed by atoms with Crippen LogP contribution in [0.25, 0.3) is 0 Å². The smallest absolute Gasteiger partial charge is 0.311 e. The molecule has 0 aliphatic heterocycles. The minimum atomic E-state index is -0.443. The molecular formula is C11H13N5O2. The van der Waals surface area contributed by atoms with Gasteiger partial charge in [-0.2, -0.15) is 0 Å². The molecule has 0 fully saturated rings. The number of hydrogen-bond acceptors (Lipinski definition) is 5. The van der Waals surface area contributed by atoms with E-state index in [-0.39, 0.29) is 5.69 Å². The fourth-order valence-electron chi connectivity index (χ4n) is 1.56. The van der Waals surface area contributed by atoms with Crippen molar-refractivity contribution in [1.29, 1.82) is 0 Å². The van der Waals surface area contributed by atoms with Crippen LogP contribution in [0.3, 0.4) is 0 Å². The molecule has 0 saturated carbocycles. The average molecular weight is 247 g/mol. The third-order valence-corrected chi connectivity index (χ3v) is 2.42. The Bertz CT molecular complexity index is 538. The Morgan fingerprint density at radius 2 is 2.33 bits per heavy atom. The number of imidazole rings is 1. The number of aromatic nitrogens is 3. The lowest BCUT2D eigenvalue weighted by Gasteiger charge is -2.05. The summed E-state index contributed by atoms with van der Waals surface area (Å²) in [6.07, 6.45) is 4.06. The Balaban J connectivity index is 2.03. The molecule has 2 N–H and O–H groups in total. The normalized spacial score (nSPS) is 10.3. The van der Waals surface area contributed by atoms with Crippen LogP contribution in [-0.2, 0) is 6.42 Å². The zero-order chi connectivity index (χ0) is 13.0. The summed E-state index contributed by atoms with van der Waals surface area (Å²) >= 11 is 0. The lowest BCUT2D eigenvalue weighted by molar-refractivity contribution is -0.384. The van der Waals surface area contributed by atoms with E-state index in [0.717, 1.165) is 11.5 Å². The first-order valence-corrected chi connectivity index (χ1v) is 5.51. The van der Waals surface area contributed by atoms with E-state index >= 15 is 0 Å². The van der Waals surface area contributed by atoms with Crippen LogP contribution in [-0.4, -0.2) is 26.4 Å². The zero-order valence-electron chi connectivity index (χ0n) is 9.88. The first-order valence-electron chi connectivity index (χ1n) is 5.51. The maximum Gasteiger partial charge on any atom is 0.311 e. The molecule has 2 aromatic heterocycles. The molecule has 7 nitrogen and oxygen atoms in total. The highest BCUT2D eigenvalue weighted by atomic mass is 16.6. The molecule has 0 radical (unpaired) electrons. The average Bonchev–Trinajstić information content (AvgIpc) is 2.82. The monoisotopic (exact) mass is 247 g/mol. The molecular weight excluding hydrogens is 234 g/mol. The van der Waals surface area contributed by atoms with E-state index < -0.39 is 4.92 Å². The lowest BCUT2D eigenvalue weighted by Crippen LogP contribution is -2.09. The molecule has 2 rings (SSSR count). The van der Waals surface area contributed by atoms with Crippen LogP contribution >= 0.6 is 0 Å². The first-order chi connectivity index (χ1) is 8.66. The van der Waals surface area contributed by atoms with Crippen molar-refractivity contribution in [1.82, 2.24) is 15.0 Å². The van der Waals surface area contributed by atoms with Crippen molar-refractivity contribution in [3.05, 3.63) is 46.2 Å². The quantitative estimate of drug-likeness (QED) is 0.618. The molecule has 0 aromatic carbocycles. The number of nitrogens with one attached hydrogen (secondary N) is 2. The van der Waals surface area contributed by atoms with E-state index in [1.165, 1.54) is 6.07 Å². The molecule has 0 spiro atoms. The maximum atomic E-state index is 10.8. The minimum absolute atomic E-state index is 0.0138. The van der Waals surface area contributed by atoms with E-state index in [1.54, 1.807) is 25.4 Å². The van der Waals surface area contributed by atoms with Crippen molar-refractivity contribution in [2.24, 2.45) is 0 Å². The summed E-state index contributed by atoms with van der Waals surface area (Å²) in [6.45, 7) is 2.33. The van der Waals surface area contributed by atoms with Crippen LogP contribution in [0.1, 0.15) is 11.5 Å². The number of nitro groups is 1. The van der Waals surface area contributed by atoms with Gasteiger partial charge in [-0.3, -0.25) is 10.1 Å². The summed E-state index contributed by atoms with van der Waals surface area (Å²) < 4.78 is 0. The Morgan fingerprint density at radius 3 is 3.00 bits per heavy atom. The fourth-order valence-corrected chi connectivity index (χ4v) is 1.56. The summed E-state index contributed by atoms with van der Waals surface area (Å²) in [5, 5.41) is 13.8. The molecule has 0 amide bonds. The second-order valence-electron chi connectivity index (χ2n) is 3.79. The third kappa shape index (κ3) is 2.82. The minimum Gasteiger partial charge on any atom is -0.364 e. The predicted molar refractivity (Wildman–Crippen MR) is 66.4 cm³/mol. The third-order valence-electron chi connectivity index (χ3n) is 2.42. The molecule has 0 aliphatic rings. The summed E-state index contributed by atoms with van der Waals surface area (Å²) in [5.74, 6) is 1.13. The molecule has 7 heteroatoms. The van der Waals surface area contributed by atoms with Gasteiger partial charge >= 0.3 is 5.69 Å². The number of nitrogens with zero attached hydrogens (tertiary/aromatic N) is 3. The van der Waals surface area contributed by atoms with Gasteiger partial charge in [0.2, 0.25) is 5.82 Å².